The summed E-state index contributed by atoms with van der Waals surface area (Å²) in [5.74, 6) is -0.184. The zero-order valence-corrected chi connectivity index (χ0v) is 16.5. The fourth-order valence-electron chi connectivity index (χ4n) is 2.49. The lowest BCUT2D eigenvalue weighted by molar-refractivity contribution is -0.121. The summed E-state index contributed by atoms with van der Waals surface area (Å²) in [6.45, 7) is 2.75. The zero-order valence-electron chi connectivity index (χ0n) is 14.9. The molecule has 140 valence electrons. The number of carbonyl (C=O) groups is 1. The number of hydrogen-bond acceptors (Lipinski definition) is 3. The van der Waals surface area contributed by atoms with Gasteiger partial charge in [-0.1, -0.05) is 53.6 Å². The largest absolute Gasteiger partial charge is 0.352 e. The number of aryl methyl sites for hydroxylation is 1. The van der Waals surface area contributed by atoms with Gasteiger partial charge in [0.25, 0.3) is 0 Å². The Kier molecular flexibility index (Phi) is 7.20. The second-order valence-corrected chi connectivity index (χ2v) is 8.66. The summed E-state index contributed by atoms with van der Waals surface area (Å²) in [7, 11) is -3.42. The van der Waals surface area contributed by atoms with E-state index in [2.05, 4.69) is 5.32 Å². The van der Waals surface area contributed by atoms with Crippen molar-refractivity contribution in [1.82, 2.24) is 9.62 Å². The predicted octanol–water partition coefficient (Wildman–Crippen LogP) is 3.12. The minimum atomic E-state index is -3.42. The van der Waals surface area contributed by atoms with E-state index in [1.165, 1.54) is 4.31 Å². The fourth-order valence-corrected chi connectivity index (χ4v) is 3.43. The van der Waals surface area contributed by atoms with Gasteiger partial charge in [0, 0.05) is 31.1 Å². The molecule has 2 aromatic carbocycles. The van der Waals surface area contributed by atoms with Gasteiger partial charge >= 0.3 is 0 Å². The molecule has 0 atom stereocenters. The first-order chi connectivity index (χ1) is 12.2. The normalized spacial score (nSPS) is 11.5. The molecule has 0 unspecified atom stereocenters. The number of benzene rings is 2. The maximum atomic E-state index is 12.1. The van der Waals surface area contributed by atoms with Crippen LogP contribution in [-0.4, -0.2) is 31.4 Å². The second-order valence-electron chi connectivity index (χ2n) is 6.24. The Bertz CT molecular complexity index is 851. The van der Waals surface area contributed by atoms with Crippen LogP contribution >= 0.6 is 11.6 Å². The molecule has 1 N–H and O–H groups in total. The van der Waals surface area contributed by atoms with Gasteiger partial charge in [-0.3, -0.25) is 4.79 Å². The molecule has 0 fully saturated rings. The van der Waals surface area contributed by atoms with E-state index in [9.17, 15) is 13.2 Å². The molecule has 0 spiro atoms. The third-order valence-corrected chi connectivity index (χ3v) is 5.40. The summed E-state index contributed by atoms with van der Waals surface area (Å²) in [5.41, 5.74) is 2.96. The summed E-state index contributed by atoms with van der Waals surface area (Å²) in [4.78, 5) is 12.1. The summed E-state index contributed by atoms with van der Waals surface area (Å²) in [5, 5.41) is 3.42. The Balaban J connectivity index is 1.90. The Morgan fingerprint density at radius 1 is 1.12 bits per heavy atom. The highest BCUT2D eigenvalue weighted by Gasteiger charge is 2.18. The average molecular weight is 395 g/mol. The molecule has 0 radical (unpaired) electrons. The lowest BCUT2D eigenvalue weighted by Crippen LogP contribution is -2.34. The number of amides is 1. The Morgan fingerprint density at radius 3 is 2.42 bits per heavy atom. The van der Waals surface area contributed by atoms with Crippen molar-refractivity contribution in [2.75, 3.05) is 12.8 Å². The number of halogens is 1. The first-order valence-corrected chi connectivity index (χ1v) is 10.5. The molecule has 7 heteroatoms. The lowest BCUT2D eigenvalue weighted by atomic mass is 10.1. The third-order valence-electron chi connectivity index (χ3n) is 3.90. The van der Waals surface area contributed by atoms with Crippen molar-refractivity contribution in [2.24, 2.45) is 0 Å². The van der Waals surface area contributed by atoms with Gasteiger partial charge in [-0.05, 0) is 30.2 Å². The minimum Gasteiger partial charge on any atom is -0.352 e. The molecule has 2 aromatic rings. The first-order valence-electron chi connectivity index (χ1n) is 8.26. The van der Waals surface area contributed by atoms with Crippen LogP contribution in [0, 0.1) is 6.92 Å². The number of nitrogens with zero attached hydrogens (tertiary/aromatic N) is 1. The molecule has 2 rings (SSSR count). The number of nitrogens with one attached hydrogen (secondary N) is 1. The van der Waals surface area contributed by atoms with Crippen LogP contribution in [-0.2, 0) is 27.9 Å². The Labute approximate surface area is 160 Å². The van der Waals surface area contributed by atoms with E-state index in [1.54, 1.807) is 24.3 Å². The van der Waals surface area contributed by atoms with E-state index >= 15 is 0 Å². The van der Waals surface area contributed by atoms with Crippen LogP contribution in [0.5, 0.6) is 0 Å². The van der Waals surface area contributed by atoms with Gasteiger partial charge in [0.1, 0.15) is 0 Å². The van der Waals surface area contributed by atoms with Gasteiger partial charge in [0.15, 0.2) is 0 Å². The van der Waals surface area contributed by atoms with E-state index in [0.717, 1.165) is 22.9 Å². The van der Waals surface area contributed by atoms with Crippen LogP contribution in [0.1, 0.15) is 23.1 Å². The fraction of sp³-hybridized carbons (Fsp3) is 0.316. The highest BCUT2D eigenvalue weighted by Crippen LogP contribution is 2.13. The molecule has 0 aliphatic heterocycles. The van der Waals surface area contributed by atoms with Crippen LogP contribution in [0.25, 0.3) is 0 Å². The standard InChI is InChI=1S/C19H23ClN2O3S/c1-15-4-3-5-17(12-15)13-21-19(23)10-11-22(26(2,24)25)14-16-6-8-18(20)9-7-16/h3-9,12H,10-11,13-14H2,1-2H3,(H,21,23). The van der Waals surface area contributed by atoms with E-state index in [4.69, 9.17) is 11.6 Å². The van der Waals surface area contributed by atoms with Crippen molar-refractivity contribution in [1.29, 1.82) is 0 Å². The van der Waals surface area contributed by atoms with Crippen LogP contribution < -0.4 is 5.32 Å². The highest BCUT2D eigenvalue weighted by atomic mass is 35.5. The average Bonchev–Trinajstić information content (AvgIpc) is 2.57. The molecule has 0 saturated carbocycles. The topological polar surface area (TPSA) is 66.5 Å². The van der Waals surface area contributed by atoms with Crippen LogP contribution in [0.15, 0.2) is 48.5 Å². The molecular weight excluding hydrogens is 372 g/mol. The molecule has 0 aliphatic rings. The van der Waals surface area contributed by atoms with Crippen molar-refractivity contribution in [3.63, 3.8) is 0 Å². The molecular formula is C19H23ClN2O3S. The molecule has 0 saturated heterocycles. The van der Waals surface area contributed by atoms with Gasteiger partial charge in [-0.15, -0.1) is 0 Å². The molecule has 0 aromatic heterocycles. The van der Waals surface area contributed by atoms with E-state index in [-0.39, 0.29) is 25.4 Å². The van der Waals surface area contributed by atoms with E-state index < -0.39 is 10.0 Å². The quantitative estimate of drug-likeness (QED) is 0.748. The van der Waals surface area contributed by atoms with Crippen molar-refractivity contribution in [2.45, 2.75) is 26.4 Å². The van der Waals surface area contributed by atoms with Gasteiger partial charge < -0.3 is 5.32 Å². The Morgan fingerprint density at radius 2 is 1.81 bits per heavy atom. The first kappa shape index (κ1) is 20.4. The number of sulfonamides is 1. The van der Waals surface area contributed by atoms with Crippen molar-refractivity contribution in [3.8, 4) is 0 Å². The summed E-state index contributed by atoms with van der Waals surface area (Å²) < 4.78 is 25.3. The van der Waals surface area contributed by atoms with Crippen molar-refractivity contribution >= 4 is 27.5 Å². The second kappa shape index (κ2) is 9.16. The van der Waals surface area contributed by atoms with E-state index in [0.29, 0.717) is 11.6 Å². The SMILES string of the molecule is Cc1cccc(CNC(=O)CCN(Cc2ccc(Cl)cc2)S(C)(=O)=O)c1. The van der Waals surface area contributed by atoms with Crippen molar-refractivity contribution < 1.29 is 13.2 Å². The summed E-state index contributed by atoms with van der Waals surface area (Å²) in [6, 6.07) is 14.9. The maximum Gasteiger partial charge on any atom is 0.221 e. The summed E-state index contributed by atoms with van der Waals surface area (Å²) in [6.07, 6.45) is 1.25. The van der Waals surface area contributed by atoms with Crippen LogP contribution in [0.3, 0.4) is 0 Å². The predicted molar refractivity (Wildman–Crippen MR) is 104 cm³/mol. The number of rotatable bonds is 8. The molecule has 5 nitrogen and oxygen atoms in total. The maximum absolute atomic E-state index is 12.1. The Hall–Kier alpha value is -1.89. The van der Waals surface area contributed by atoms with E-state index in [1.807, 2.05) is 31.2 Å². The zero-order chi connectivity index (χ0) is 19.2. The molecule has 1 amide bonds. The number of carbonyl (C=O) groups excluding carboxylic acids is 1. The van der Waals surface area contributed by atoms with Gasteiger partial charge in [-0.25, -0.2) is 8.42 Å². The molecule has 26 heavy (non-hydrogen) atoms. The van der Waals surface area contributed by atoms with Crippen LogP contribution in [0.2, 0.25) is 5.02 Å². The molecule has 0 bridgehead atoms. The van der Waals surface area contributed by atoms with Crippen molar-refractivity contribution in [3.05, 3.63) is 70.2 Å². The smallest absolute Gasteiger partial charge is 0.221 e. The third kappa shape index (κ3) is 6.78. The number of hydrogen-bond donors (Lipinski definition) is 1. The van der Waals surface area contributed by atoms with Gasteiger partial charge in [-0.2, -0.15) is 4.31 Å². The summed E-state index contributed by atoms with van der Waals surface area (Å²) >= 11 is 5.85. The highest BCUT2D eigenvalue weighted by molar-refractivity contribution is 7.88. The minimum absolute atomic E-state index is 0.104. The van der Waals surface area contributed by atoms with Crippen LogP contribution in [0.4, 0.5) is 0 Å². The van der Waals surface area contributed by atoms with Gasteiger partial charge in [0.05, 0.1) is 6.26 Å². The monoisotopic (exact) mass is 394 g/mol. The molecule has 0 heterocycles. The van der Waals surface area contributed by atoms with Gasteiger partial charge in [0.2, 0.25) is 15.9 Å². The lowest BCUT2D eigenvalue weighted by Gasteiger charge is -2.20. The molecule has 0 aliphatic carbocycles.